The molecule has 0 amide bonds. The maximum Gasteiger partial charge on any atom is 0.260 e. The highest BCUT2D eigenvalue weighted by molar-refractivity contribution is 7.89. The zero-order valence-electron chi connectivity index (χ0n) is 10.1. The van der Waals surface area contributed by atoms with Crippen LogP contribution in [0.25, 0.3) is 0 Å². The van der Waals surface area contributed by atoms with E-state index in [9.17, 15) is 8.42 Å². The molecule has 0 aliphatic carbocycles. The molecule has 18 heavy (non-hydrogen) atoms. The highest BCUT2D eigenvalue weighted by Crippen LogP contribution is 2.23. The molecule has 1 aliphatic heterocycles. The number of aromatic amines is 1. The van der Waals surface area contributed by atoms with Crippen molar-refractivity contribution in [2.45, 2.75) is 29.8 Å². The number of halogens is 1. The van der Waals surface area contributed by atoms with Gasteiger partial charge in [-0.05, 0) is 12.8 Å². The van der Waals surface area contributed by atoms with Gasteiger partial charge in [-0.15, -0.1) is 11.6 Å². The van der Waals surface area contributed by atoms with Gasteiger partial charge in [0.05, 0.1) is 12.1 Å². The molecule has 1 N–H and O–H groups in total. The van der Waals surface area contributed by atoms with Crippen LogP contribution in [-0.2, 0) is 20.6 Å². The largest absolute Gasteiger partial charge is 0.381 e. The molecule has 0 radical (unpaired) electrons. The third-order valence-corrected chi connectivity index (χ3v) is 5.38. The molecule has 1 saturated heterocycles. The van der Waals surface area contributed by atoms with Crippen LogP contribution in [0.5, 0.6) is 0 Å². The molecule has 0 unspecified atom stereocenters. The number of aromatic nitrogens is 2. The van der Waals surface area contributed by atoms with Gasteiger partial charge in [0.1, 0.15) is 0 Å². The van der Waals surface area contributed by atoms with Gasteiger partial charge in [-0.25, -0.2) is 8.42 Å². The summed E-state index contributed by atoms with van der Waals surface area (Å²) in [6.45, 7) is 1.19. The van der Waals surface area contributed by atoms with Crippen LogP contribution in [-0.4, -0.2) is 49.2 Å². The summed E-state index contributed by atoms with van der Waals surface area (Å²) < 4.78 is 31.5. The van der Waals surface area contributed by atoms with Crippen LogP contribution >= 0.6 is 11.6 Å². The van der Waals surface area contributed by atoms with Crippen LogP contribution in [0.3, 0.4) is 0 Å². The summed E-state index contributed by atoms with van der Waals surface area (Å²) >= 11 is 5.71. The third-order valence-electron chi connectivity index (χ3n) is 3.16. The lowest BCUT2D eigenvalue weighted by Gasteiger charge is -2.30. The van der Waals surface area contributed by atoms with E-state index in [1.165, 1.54) is 10.5 Å². The van der Waals surface area contributed by atoms with Gasteiger partial charge in [-0.2, -0.15) is 9.40 Å². The first-order valence-electron chi connectivity index (χ1n) is 5.71. The van der Waals surface area contributed by atoms with Gasteiger partial charge in [0.25, 0.3) is 10.0 Å². The Kier molecular flexibility index (Phi) is 4.26. The molecule has 0 saturated carbocycles. The highest BCUT2D eigenvalue weighted by atomic mass is 35.5. The fourth-order valence-electron chi connectivity index (χ4n) is 2.01. The van der Waals surface area contributed by atoms with Crippen LogP contribution < -0.4 is 0 Å². The number of hydrogen-bond donors (Lipinski definition) is 1. The maximum atomic E-state index is 12.4. The molecule has 0 bridgehead atoms. The van der Waals surface area contributed by atoms with Crippen LogP contribution in [0.15, 0.2) is 11.2 Å². The number of nitrogens with zero attached hydrogens (tertiary/aromatic N) is 2. The second kappa shape index (κ2) is 5.56. The minimum atomic E-state index is -3.56. The zero-order valence-corrected chi connectivity index (χ0v) is 11.7. The normalized spacial score (nSPS) is 18.4. The molecule has 0 aromatic carbocycles. The van der Waals surface area contributed by atoms with Gasteiger partial charge in [0.2, 0.25) is 0 Å². The summed E-state index contributed by atoms with van der Waals surface area (Å²) in [4.78, 5) is 0. The van der Waals surface area contributed by atoms with Crippen molar-refractivity contribution in [3.8, 4) is 0 Å². The van der Waals surface area contributed by atoms with E-state index in [2.05, 4.69) is 10.2 Å². The molecule has 1 aromatic heterocycles. The summed E-state index contributed by atoms with van der Waals surface area (Å²) in [6, 6.07) is -0.0322. The number of ether oxygens (including phenoxy) is 1. The second-order valence-corrected chi connectivity index (χ2v) is 6.42. The lowest BCUT2D eigenvalue weighted by atomic mass is 10.1. The van der Waals surface area contributed by atoms with Crippen molar-refractivity contribution >= 4 is 21.6 Å². The third kappa shape index (κ3) is 2.54. The number of H-pyrrole nitrogens is 1. The van der Waals surface area contributed by atoms with Crippen LogP contribution in [0.4, 0.5) is 0 Å². The van der Waals surface area contributed by atoms with E-state index in [0.29, 0.717) is 31.6 Å². The number of sulfonamides is 1. The fourth-order valence-corrected chi connectivity index (χ4v) is 3.80. The Balaban J connectivity index is 2.24. The van der Waals surface area contributed by atoms with Crippen LogP contribution in [0, 0.1) is 0 Å². The van der Waals surface area contributed by atoms with E-state index >= 15 is 0 Å². The van der Waals surface area contributed by atoms with Crippen molar-refractivity contribution in [3.63, 3.8) is 0 Å². The first-order valence-corrected chi connectivity index (χ1v) is 7.69. The molecule has 1 aromatic rings. The molecule has 0 spiro atoms. The average Bonchev–Trinajstić information content (AvgIpc) is 2.88. The quantitative estimate of drug-likeness (QED) is 0.839. The van der Waals surface area contributed by atoms with Gasteiger partial charge in [-0.3, -0.25) is 5.10 Å². The van der Waals surface area contributed by atoms with Gasteiger partial charge >= 0.3 is 0 Å². The molecule has 1 fully saturated rings. The Hall–Kier alpha value is -0.630. The van der Waals surface area contributed by atoms with Crippen LogP contribution in [0.1, 0.15) is 18.4 Å². The molecule has 2 heterocycles. The summed E-state index contributed by atoms with van der Waals surface area (Å²) in [7, 11) is -1.98. The molecule has 0 atom stereocenters. The molecule has 2 rings (SSSR count). The van der Waals surface area contributed by atoms with Crippen molar-refractivity contribution in [2.75, 3.05) is 20.3 Å². The molecular formula is C10H16ClN3O3S. The van der Waals surface area contributed by atoms with Crippen LogP contribution in [0.2, 0.25) is 0 Å². The van der Waals surface area contributed by atoms with Crippen molar-refractivity contribution in [1.29, 1.82) is 0 Å². The summed E-state index contributed by atoms with van der Waals surface area (Å²) in [5, 5.41) is 6.36. The van der Waals surface area contributed by atoms with Crippen molar-refractivity contribution in [2.24, 2.45) is 0 Å². The maximum absolute atomic E-state index is 12.4. The number of hydrogen-bond acceptors (Lipinski definition) is 4. The van der Waals surface area contributed by atoms with E-state index in [1.807, 2.05) is 0 Å². The van der Waals surface area contributed by atoms with E-state index in [1.54, 1.807) is 7.05 Å². The SMILES string of the molecule is CN(C1CCOCC1)S(=O)(=O)c1[nH]ncc1CCl. The minimum Gasteiger partial charge on any atom is -0.381 e. The standard InChI is InChI=1S/C10H16ClN3O3S/c1-14(9-2-4-17-5-3-9)18(15,16)10-8(6-11)7-12-13-10/h7,9H,2-6H2,1H3,(H,12,13). The Bertz CT molecular complexity index is 496. The summed E-state index contributed by atoms with van der Waals surface area (Å²) in [5.74, 6) is 0.118. The predicted molar refractivity (Wildman–Crippen MR) is 66.9 cm³/mol. The summed E-state index contributed by atoms with van der Waals surface area (Å²) in [6.07, 6.45) is 2.86. The van der Waals surface area contributed by atoms with E-state index in [4.69, 9.17) is 16.3 Å². The number of rotatable bonds is 4. The summed E-state index contributed by atoms with van der Waals surface area (Å²) in [5.41, 5.74) is 0.496. The van der Waals surface area contributed by atoms with Gasteiger partial charge in [0, 0.05) is 31.9 Å². The smallest absolute Gasteiger partial charge is 0.260 e. The van der Waals surface area contributed by atoms with E-state index < -0.39 is 10.0 Å². The Labute approximate surface area is 111 Å². The average molecular weight is 294 g/mol. The first kappa shape index (κ1) is 13.8. The first-order chi connectivity index (χ1) is 8.57. The Morgan fingerprint density at radius 1 is 1.56 bits per heavy atom. The van der Waals surface area contributed by atoms with Crippen molar-refractivity contribution < 1.29 is 13.2 Å². The minimum absolute atomic E-state index is 0.0322. The van der Waals surface area contributed by atoms with Gasteiger partial charge in [0.15, 0.2) is 5.03 Å². The highest BCUT2D eigenvalue weighted by Gasteiger charge is 2.31. The Morgan fingerprint density at radius 2 is 2.22 bits per heavy atom. The molecular weight excluding hydrogens is 278 g/mol. The second-order valence-electron chi connectivity index (χ2n) is 4.22. The fraction of sp³-hybridized carbons (Fsp3) is 0.700. The Morgan fingerprint density at radius 3 is 2.83 bits per heavy atom. The zero-order chi connectivity index (χ0) is 13.2. The molecule has 102 valence electrons. The van der Waals surface area contributed by atoms with E-state index in [-0.39, 0.29) is 16.9 Å². The lowest BCUT2D eigenvalue weighted by molar-refractivity contribution is 0.0631. The van der Waals surface area contributed by atoms with Crippen molar-refractivity contribution in [1.82, 2.24) is 14.5 Å². The monoisotopic (exact) mass is 293 g/mol. The van der Waals surface area contributed by atoms with Gasteiger partial charge < -0.3 is 4.74 Å². The predicted octanol–water partition coefficient (Wildman–Crippen LogP) is 0.948. The topological polar surface area (TPSA) is 75.3 Å². The van der Waals surface area contributed by atoms with E-state index in [0.717, 1.165) is 0 Å². The van der Waals surface area contributed by atoms with Crippen molar-refractivity contribution in [3.05, 3.63) is 11.8 Å². The van der Waals surface area contributed by atoms with Gasteiger partial charge in [-0.1, -0.05) is 0 Å². The molecule has 8 heteroatoms. The molecule has 6 nitrogen and oxygen atoms in total. The number of alkyl halides is 1. The number of nitrogens with one attached hydrogen (secondary N) is 1. The molecule has 1 aliphatic rings. The lowest BCUT2D eigenvalue weighted by Crippen LogP contribution is -2.40.